The van der Waals surface area contributed by atoms with Crippen LogP contribution >= 0.6 is 0 Å². The first-order valence-electron chi connectivity index (χ1n) is 10.4. The first-order chi connectivity index (χ1) is 14.3. The fourth-order valence-corrected chi connectivity index (χ4v) is 6.16. The Morgan fingerprint density at radius 1 is 1.10 bits per heavy atom. The predicted molar refractivity (Wildman–Crippen MR) is 116 cm³/mol. The van der Waals surface area contributed by atoms with Gasteiger partial charge in [-0.25, -0.2) is 8.42 Å². The fraction of sp³-hybridized carbons (Fsp3) is 0.435. The number of piperidine rings is 1. The number of sulfonamides is 1. The lowest BCUT2D eigenvalue weighted by molar-refractivity contribution is -0.123. The molecule has 0 bridgehead atoms. The number of nitrogens with zero attached hydrogens (tertiary/aromatic N) is 2. The highest BCUT2D eigenvalue weighted by Gasteiger charge is 2.38. The van der Waals surface area contributed by atoms with Crippen molar-refractivity contribution in [2.75, 3.05) is 25.1 Å². The molecule has 2 aromatic rings. The number of hydrogen-bond acceptors (Lipinski definition) is 4. The van der Waals surface area contributed by atoms with E-state index in [1.165, 1.54) is 9.87 Å². The molecule has 1 amide bonds. The molecule has 0 spiro atoms. The van der Waals surface area contributed by atoms with Gasteiger partial charge >= 0.3 is 0 Å². The Balaban J connectivity index is 1.46. The molecule has 2 aliphatic heterocycles. The monoisotopic (exact) mass is 428 g/mol. The van der Waals surface area contributed by atoms with Gasteiger partial charge in [-0.05, 0) is 68.5 Å². The van der Waals surface area contributed by atoms with Gasteiger partial charge in [-0.2, -0.15) is 4.31 Å². The van der Waals surface area contributed by atoms with Gasteiger partial charge in [0.05, 0.1) is 12.0 Å². The van der Waals surface area contributed by atoms with Crippen LogP contribution in [0, 0.1) is 12.8 Å². The molecule has 1 atom stereocenters. The minimum atomic E-state index is -3.58. The number of hydrogen-bond donors (Lipinski definition) is 0. The van der Waals surface area contributed by atoms with Crippen molar-refractivity contribution in [3.8, 4) is 5.75 Å². The van der Waals surface area contributed by atoms with E-state index in [0.29, 0.717) is 31.7 Å². The van der Waals surface area contributed by atoms with Gasteiger partial charge in [0.25, 0.3) is 0 Å². The Labute approximate surface area is 178 Å². The molecule has 2 heterocycles. The molecular formula is C23H28N2O4S. The molecule has 2 aromatic carbocycles. The smallest absolute Gasteiger partial charge is 0.243 e. The summed E-state index contributed by atoms with van der Waals surface area (Å²) in [6.45, 7) is 4.61. The lowest BCUT2D eigenvalue weighted by Gasteiger charge is -2.34. The van der Waals surface area contributed by atoms with Crippen LogP contribution in [-0.4, -0.2) is 44.9 Å². The van der Waals surface area contributed by atoms with Gasteiger partial charge < -0.3 is 9.64 Å². The number of ether oxygens (including phenoxy) is 1. The summed E-state index contributed by atoms with van der Waals surface area (Å²) in [6, 6.07) is 13.1. The zero-order valence-electron chi connectivity index (χ0n) is 17.7. The number of methoxy groups -OCH3 is 1. The molecular weight excluding hydrogens is 400 g/mol. The summed E-state index contributed by atoms with van der Waals surface area (Å²) in [6.07, 6.45) is 1.95. The molecule has 1 unspecified atom stereocenters. The first-order valence-corrected chi connectivity index (χ1v) is 11.8. The molecule has 1 fully saturated rings. The van der Waals surface area contributed by atoms with Crippen LogP contribution < -0.4 is 9.64 Å². The minimum absolute atomic E-state index is 0.116. The second-order valence-corrected chi connectivity index (χ2v) is 10.1. The number of carbonyl (C=O) groups excluding carboxylic acids is 1. The quantitative estimate of drug-likeness (QED) is 0.749. The lowest BCUT2D eigenvalue weighted by Crippen LogP contribution is -2.46. The SMILES string of the molecule is COc1ccc(S(=O)(=O)N2CCC(C(=O)N3c4ccccc4CC3C)CC2)cc1C. The van der Waals surface area contributed by atoms with E-state index in [9.17, 15) is 13.2 Å². The van der Waals surface area contributed by atoms with Gasteiger partial charge in [0.1, 0.15) is 5.75 Å². The second kappa shape index (κ2) is 8.04. The van der Waals surface area contributed by atoms with Crippen LogP contribution in [0.15, 0.2) is 47.4 Å². The Hall–Kier alpha value is -2.38. The summed E-state index contributed by atoms with van der Waals surface area (Å²) < 4.78 is 32.9. The van der Waals surface area contributed by atoms with Crippen LogP contribution in [0.3, 0.4) is 0 Å². The van der Waals surface area contributed by atoms with Gasteiger partial charge in [0, 0.05) is 30.7 Å². The maximum atomic E-state index is 13.3. The summed E-state index contributed by atoms with van der Waals surface area (Å²) in [4.78, 5) is 15.4. The summed E-state index contributed by atoms with van der Waals surface area (Å²) in [7, 11) is -2.02. The van der Waals surface area contributed by atoms with Crippen LogP contribution in [0.2, 0.25) is 0 Å². The number of fused-ring (bicyclic) bond motifs is 1. The van der Waals surface area contributed by atoms with E-state index in [4.69, 9.17) is 4.74 Å². The molecule has 7 heteroatoms. The van der Waals surface area contributed by atoms with E-state index in [1.807, 2.05) is 30.0 Å². The number of carbonyl (C=O) groups is 1. The van der Waals surface area contributed by atoms with Crippen molar-refractivity contribution in [2.24, 2.45) is 5.92 Å². The van der Waals surface area contributed by atoms with Crippen molar-refractivity contribution in [1.29, 1.82) is 0 Å². The lowest BCUT2D eigenvalue weighted by atomic mass is 9.96. The average molecular weight is 429 g/mol. The zero-order valence-corrected chi connectivity index (χ0v) is 18.5. The van der Waals surface area contributed by atoms with Crippen molar-refractivity contribution in [1.82, 2.24) is 4.31 Å². The third kappa shape index (κ3) is 3.61. The predicted octanol–water partition coefficient (Wildman–Crippen LogP) is 3.38. The van der Waals surface area contributed by atoms with Crippen LogP contribution in [0.4, 0.5) is 5.69 Å². The fourth-order valence-electron chi connectivity index (χ4n) is 4.60. The Morgan fingerprint density at radius 2 is 1.80 bits per heavy atom. The van der Waals surface area contributed by atoms with Gasteiger partial charge in [-0.15, -0.1) is 0 Å². The number of para-hydroxylation sites is 1. The maximum absolute atomic E-state index is 13.3. The van der Waals surface area contributed by atoms with Gasteiger partial charge in [-0.1, -0.05) is 18.2 Å². The molecule has 0 N–H and O–H groups in total. The minimum Gasteiger partial charge on any atom is -0.496 e. The highest BCUT2D eigenvalue weighted by atomic mass is 32.2. The number of rotatable bonds is 4. The second-order valence-electron chi connectivity index (χ2n) is 8.20. The molecule has 2 aliphatic rings. The molecule has 0 aliphatic carbocycles. The summed E-state index contributed by atoms with van der Waals surface area (Å²) in [5, 5.41) is 0. The molecule has 30 heavy (non-hydrogen) atoms. The molecule has 1 saturated heterocycles. The van der Waals surface area contributed by atoms with Crippen LogP contribution in [0.25, 0.3) is 0 Å². The van der Waals surface area contributed by atoms with E-state index < -0.39 is 10.0 Å². The van der Waals surface area contributed by atoms with Crippen molar-refractivity contribution in [3.05, 3.63) is 53.6 Å². The number of benzene rings is 2. The third-order valence-corrected chi connectivity index (χ3v) is 8.15. The van der Waals surface area contributed by atoms with Crippen molar-refractivity contribution < 1.29 is 17.9 Å². The number of aryl methyl sites for hydroxylation is 1. The number of anilines is 1. The van der Waals surface area contributed by atoms with Crippen molar-refractivity contribution in [2.45, 2.75) is 44.0 Å². The molecule has 0 radical (unpaired) electrons. The normalized spacial score (nSPS) is 20.2. The maximum Gasteiger partial charge on any atom is 0.243 e. The van der Waals surface area contributed by atoms with Gasteiger partial charge in [0.15, 0.2) is 0 Å². The first kappa shape index (κ1) is 20.9. The topological polar surface area (TPSA) is 66.9 Å². The standard InChI is InChI=1S/C23H28N2O4S/c1-16-14-20(8-9-22(16)29-3)30(27,28)24-12-10-18(11-13-24)23(26)25-17(2)15-19-6-4-5-7-21(19)25/h4-9,14,17-18H,10-13,15H2,1-3H3. The third-order valence-electron chi connectivity index (χ3n) is 6.25. The number of amides is 1. The molecule has 4 rings (SSSR count). The van der Waals surface area contributed by atoms with Crippen molar-refractivity contribution >= 4 is 21.6 Å². The van der Waals surface area contributed by atoms with Crippen LogP contribution in [0.5, 0.6) is 5.75 Å². The van der Waals surface area contributed by atoms with E-state index >= 15 is 0 Å². The zero-order chi connectivity index (χ0) is 21.5. The average Bonchev–Trinajstić information content (AvgIpc) is 3.08. The van der Waals surface area contributed by atoms with Gasteiger partial charge in [-0.3, -0.25) is 4.79 Å². The van der Waals surface area contributed by atoms with Gasteiger partial charge in [0.2, 0.25) is 15.9 Å². The van der Waals surface area contributed by atoms with E-state index in [-0.39, 0.29) is 22.8 Å². The Bertz CT molecular complexity index is 1060. The van der Waals surface area contributed by atoms with E-state index in [1.54, 1.807) is 25.3 Å². The largest absolute Gasteiger partial charge is 0.496 e. The molecule has 0 saturated carbocycles. The Kier molecular flexibility index (Phi) is 5.59. The van der Waals surface area contributed by atoms with E-state index in [2.05, 4.69) is 13.0 Å². The molecule has 6 nitrogen and oxygen atoms in total. The summed E-state index contributed by atoms with van der Waals surface area (Å²) in [5.41, 5.74) is 2.98. The molecule has 160 valence electrons. The van der Waals surface area contributed by atoms with E-state index in [0.717, 1.165) is 17.7 Å². The Morgan fingerprint density at radius 3 is 2.47 bits per heavy atom. The highest BCUT2D eigenvalue weighted by Crippen LogP contribution is 2.35. The van der Waals surface area contributed by atoms with Crippen LogP contribution in [0.1, 0.15) is 30.9 Å². The van der Waals surface area contributed by atoms with Crippen LogP contribution in [-0.2, 0) is 21.2 Å². The summed E-state index contributed by atoms with van der Waals surface area (Å²) >= 11 is 0. The highest BCUT2D eigenvalue weighted by molar-refractivity contribution is 7.89. The molecule has 0 aromatic heterocycles. The summed E-state index contributed by atoms with van der Waals surface area (Å²) in [5.74, 6) is 0.630. The van der Waals surface area contributed by atoms with Crippen molar-refractivity contribution in [3.63, 3.8) is 0 Å².